The van der Waals surface area contributed by atoms with E-state index < -0.39 is 11.7 Å². The van der Waals surface area contributed by atoms with E-state index in [0.29, 0.717) is 0 Å². The Bertz CT molecular complexity index is 864. The Kier molecular flexibility index (Phi) is 4.61. The van der Waals surface area contributed by atoms with Crippen LogP contribution in [0.5, 0.6) is 5.75 Å². The predicted molar refractivity (Wildman–Crippen MR) is 89.9 cm³/mol. The zero-order chi connectivity index (χ0) is 17.9. The van der Waals surface area contributed by atoms with Gasteiger partial charge in [0.05, 0.1) is 5.56 Å². The molecule has 1 aromatic heterocycles. The summed E-state index contributed by atoms with van der Waals surface area (Å²) < 4.78 is 44.7. The highest BCUT2D eigenvalue weighted by Gasteiger charge is 2.33. The minimum Gasteiger partial charge on any atom is -0.485 e. The van der Waals surface area contributed by atoms with Gasteiger partial charge in [0.2, 0.25) is 0 Å². The van der Waals surface area contributed by atoms with Crippen molar-refractivity contribution >= 4 is 5.82 Å². The van der Waals surface area contributed by atoms with E-state index in [1.165, 1.54) is 18.2 Å². The monoisotopic (exact) mass is 344 g/mol. The van der Waals surface area contributed by atoms with Gasteiger partial charge in [0, 0.05) is 17.3 Å². The number of pyridine rings is 1. The van der Waals surface area contributed by atoms with E-state index >= 15 is 0 Å². The number of benzene rings is 2. The number of nitrogens with zero attached hydrogens (tertiary/aromatic N) is 1. The summed E-state index contributed by atoms with van der Waals surface area (Å²) >= 11 is 0. The molecule has 0 radical (unpaired) electrons. The number of hydrogen-bond donors (Lipinski definition) is 1. The summed E-state index contributed by atoms with van der Waals surface area (Å²) in [6.07, 6.45) is -2.84. The summed E-state index contributed by atoms with van der Waals surface area (Å²) in [4.78, 5) is 4.07. The van der Waals surface area contributed by atoms with Crippen LogP contribution in [0.4, 0.5) is 19.0 Å². The van der Waals surface area contributed by atoms with Gasteiger partial charge in [-0.25, -0.2) is 4.98 Å². The molecular formula is C19H15F3N2O. The van der Waals surface area contributed by atoms with Crippen molar-refractivity contribution in [1.29, 1.82) is 0 Å². The molecule has 0 aliphatic heterocycles. The third-order valence-electron chi connectivity index (χ3n) is 3.69. The lowest BCUT2D eigenvalue weighted by atomic mass is 10.1. The fraction of sp³-hybridized carbons (Fsp3) is 0.105. The van der Waals surface area contributed by atoms with E-state index in [9.17, 15) is 13.2 Å². The molecule has 3 rings (SSSR count). The van der Waals surface area contributed by atoms with Crippen molar-refractivity contribution in [2.45, 2.75) is 12.8 Å². The van der Waals surface area contributed by atoms with Crippen molar-refractivity contribution in [3.8, 4) is 16.9 Å². The first kappa shape index (κ1) is 16.8. The molecule has 128 valence electrons. The summed E-state index contributed by atoms with van der Waals surface area (Å²) in [5.74, 6) is 0.377. The molecule has 0 saturated carbocycles. The highest BCUT2D eigenvalue weighted by molar-refractivity contribution is 5.66. The Morgan fingerprint density at radius 3 is 2.32 bits per heavy atom. The van der Waals surface area contributed by atoms with Crippen molar-refractivity contribution in [2.75, 3.05) is 5.73 Å². The Morgan fingerprint density at radius 1 is 0.920 bits per heavy atom. The van der Waals surface area contributed by atoms with E-state index in [-0.39, 0.29) is 23.7 Å². The molecule has 2 N–H and O–H groups in total. The third kappa shape index (κ3) is 3.91. The summed E-state index contributed by atoms with van der Waals surface area (Å²) in [6, 6.07) is 16.4. The maximum atomic E-state index is 13.0. The van der Waals surface area contributed by atoms with Crippen molar-refractivity contribution < 1.29 is 17.9 Å². The van der Waals surface area contributed by atoms with Crippen LogP contribution in [0.2, 0.25) is 0 Å². The molecule has 0 spiro atoms. The quantitative estimate of drug-likeness (QED) is 0.730. The highest BCUT2D eigenvalue weighted by atomic mass is 19.4. The van der Waals surface area contributed by atoms with Crippen LogP contribution < -0.4 is 10.5 Å². The first-order valence-electron chi connectivity index (χ1n) is 7.54. The van der Waals surface area contributed by atoms with Gasteiger partial charge in [-0.15, -0.1) is 0 Å². The van der Waals surface area contributed by atoms with Crippen LogP contribution in [0, 0.1) is 0 Å². The lowest BCUT2D eigenvalue weighted by molar-refractivity contribution is -0.138. The van der Waals surface area contributed by atoms with E-state index in [0.717, 1.165) is 17.2 Å². The zero-order valence-electron chi connectivity index (χ0n) is 13.1. The maximum Gasteiger partial charge on any atom is 0.416 e. The van der Waals surface area contributed by atoms with Crippen molar-refractivity contribution in [1.82, 2.24) is 4.98 Å². The Hall–Kier alpha value is -3.02. The molecule has 3 nitrogen and oxygen atoms in total. The molecule has 0 aliphatic rings. The molecule has 0 bridgehead atoms. The summed E-state index contributed by atoms with van der Waals surface area (Å²) in [7, 11) is 0. The van der Waals surface area contributed by atoms with Gasteiger partial charge < -0.3 is 10.5 Å². The molecule has 0 fully saturated rings. The topological polar surface area (TPSA) is 48.1 Å². The summed E-state index contributed by atoms with van der Waals surface area (Å²) in [5.41, 5.74) is 6.80. The second-order valence-electron chi connectivity index (χ2n) is 5.42. The molecule has 25 heavy (non-hydrogen) atoms. The second kappa shape index (κ2) is 6.84. The SMILES string of the molecule is Nc1ncc(-c2ccccc2)cc1OCc1ccccc1C(F)(F)F. The minimum absolute atomic E-state index is 0.0412. The van der Waals surface area contributed by atoms with E-state index in [2.05, 4.69) is 4.98 Å². The van der Waals surface area contributed by atoms with Gasteiger partial charge in [0.25, 0.3) is 0 Å². The Morgan fingerprint density at radius 2 is 1.60 bits per heavy atom. The van der Waals surface area contributed by atoms with Gasteiger partial charge in [0.1, 0.15) is 6.61 Å². The smallest absolute Gasteiger partial charge is 0.416 e. The molecule has 0 amide bonds. The number of alkyl halides is 3. The van der Waals surface area contributed by atoms with Gasteiger partial charge in [-0.1, -0.05) is 48.5 Å². The van der Waals surface area contributed by atoms with Crippen LogP contribution in [0.15, 0.2) is 66.9 Å². The van der Waals surface area contributed by atoms with Gasteiger partial charge in [-0.05, 0) is 17.7 Å². The van der Waals surface area contributed by atoms with Gasteiger partial charge in [-0.2, -0.15) is 13.2 Å². The van der Waals surface area contributed by atoms with Crippen LogP contribution >= 0.6 is 0 Å². The van der Waals surface area contributed by atoms with E-state index in [1.807, 2.05) is 30.3 Å². The molecule has 0 unspecified atom stereocenters. The van der Waals surface area contributed by atoms with Crippen LogP contribution in [-0.2, 0) is 12.8 Å². The largest absolute Gasteiger partial charge is 0.485 e. The number of ether oxygens (including phenoxy) is 1. The highest BCUT2D eigenvalue weighted by Crippen LogP contribution is 2.33. The van der Waals surface area contributed by atoms with Gasteiger partial charge in [-0.3, -0.25) is 0 Å². The number of hydrogen-bond acceptors (Lipinski definition) is 3. The average Bonchev–Trinajstić information content (AvgIpc) is 2.61. The Labute approximate surface area is 142 Å². The van der Waals surface area contributed by atoms with Crippen LogP contribution in [0.1, 0.15) is 11.1 Å². The number of halogens is 3. The molecule has 0 atom stereocenters. The molecule has 1 heterocycles. The van der Waals surface area contributed by atoms with E-state index in [4.69, 9.17) is 10.5 Å². The normalized spacial score (nSPS) is 11.3. The van der Waals surface area contributed by atoms with Crippen LogP contribution in [0.3, 0.4) is 0 Å². The standard InChI is InChI=1S/C19H15F3N2O/c20-19(21,22)16-9-5-4-8-14(16)12-25-17-10-15(11-24-18(17)23)13-6-2-1-3-7-13/h1-11H,12H2,(H2,23,24). The lowest BCUT2D eigenvalue weighted by Crippen LogP contribution is -2.11. The first-order valence-corrected chi connectivity index (χ1v) is 7.54. The van der Waals surface area contributed by atoms with Crippen LogP contribution in [-0.4, -0.2) is 4.98 Å². The van der Waals surface area contributed by atoms with Gasteiger partial charge >= 0.3 is 6.18 Å². The molecule has 0 saturated heterocycles. The lowest BCUT2D eigenvalue weighted by Gasteiger charge is -2.14. The van der Waals surface area contributed by atoms with Gasteiger partial charge in [0.15, 0.2) is 11.6 Å². The Balaban J connectivity index is 1.85. The molecule has 3 aromatic rings. The predicted octanol–water partition coefficient (Wildman–Crippen LogP) is 4.93. The second-order valence-corrected chi connectivity index (χ2v) is 5.42. The molecule has 0 aliphatic carbocycles. The number of rotatable bonds is 4. The van der Waals surface area contributed by atoms with Crippen molar-refractivity contribution in [3.05, 3.63) is 78.0 Å². The fourth-order valence-electron chi connectivity index (χ4n) is 2.44. The minimum atomic E-state index is -4.43. The molecule has 6 heteroatoms. The maximum absolute atomic E-state index is 13.0. The first-order chi connectivity index (χ1) is 11.9. The van der Waals surface area contributed by atoms with Crippen molar-refractivity contribution in [2.24, 2.45) is 0 Å². The third-order valence-corrected chi connectivity index (χ3v) is 3.69. The number of aromatic nitrogens is 1. The molecule has 2 aromatic carbocycles. The number of nitrogen functional groups attached to an aromatic ring is 1. The fourth-order valence-corrected chi connectivity index (χ4v) is 2.44. The van der Waals surface area contributed by atoms with Crippen molar-refractivity contribution in [3.63, 3.8) is 0 Å². The zero-order valence-corrected chi connectivity index (χ0v) is 13.1. The van der Waals surface area contributed by atoms with E-state index in [1.54, 1.807) is 12.3 Å². The average molecular weight is 344 g/mol. The van der Waals surface area contributed by atoms with Crippen LogP contribution in [0.25, 0.3) is 11.1 Å². The number of anilines is 1. The summed E-state index contributed by atoms with van der Waals surface area (Å²) in [5, 5.41) is 0. The summed E-state index contributed by atoms with van der Waals surface area (Å²) in [6.45, 7) is -0.250. The molecular weight excluding hydrogens is 329 g/mol. The number of nitrogens with two attached hydrogens (primary N) is 1.